The lowest BCUT2D eigenvalue weighted by Gasteiger charge is -2.13. The molecular weight excluding hydrogens is 268 g/mol. The van der Waals surface area contributed by atoms with Crippen molar-refractivity contribution in [3.05, 3.63) is 16.7 Å². The van der Waals surface area contributed by atoms with Gasteiger partial charge in [0.1, 0.15) is 12.3 Å². The molecule has 0 radical (unpaired) electrons. The smallest absolute Gasteiger partial charge is 0.298 e. The standard InChI is InChI=1S/C11H14N4O5/c1-19-11-13-9-8(10(18)14-11)12-4-15(9)7-2-5(17)6(3-16)20-7/h4-7,16-17H,2-3H2,1H3,(H,13,14,18)/t5-,6+,7+/m0/s1. The molecule has 3 heterocycles. The summed E-state index contributed by atoms with van der Waals surface area (Å²) >= 11 is 0. The van der Waals surface area contributed by atoms with Crippen molar-refractivity contribution >= 4 is 11.2 Å². The van der Waals surface area contributed by atoms with Crippen LogP contribution in [0.2, 0.25) is 0 Å². The van der Waals surface area contributed by atoms with Crippen LogP contribution in [0.4, 0.5) is 0 Å². The number of aromatic amines is 1. The summed E-state index contributed by atoms with van der Waals surface area (Å²) in [5.74, 6) is 0. The average Bonchev–Trinajstić information content (AvgIpc) is 3.01. The number of aromatic nitrogens is 4. The highest BCUT2D eigenvalue weighted by Crippen LogP contribution is 2.30. The fourth-order valence-electron chi connectivity index (χ4n) is 2.26. The Balaban J connectivity index is 2.05. The average molecular weight is 282 g/mol. The lowest BCUT2D eigenvalue weighted by Crippen LogP contribution is -2.24. The molecule has 0 aliphatic carbocycles. The second kappa shape index (κ2) is 4.85. The van der Waals surface area contributed by atoms with Crippen LogP contribution in [0.5, 0.6) is 6.01 Å². The van der Waals surface area contributed by atoms with Gasteiger partial charge in [-0.05, 0) is 0 Å². The first kappa shape index (κ1) is 13.0. The van der Waals surface area contributed by atoms with Crippen LogP contribution in [0.1, 0.15) is 12.6 Å². The highest BCUT2D eigenvalue weighted by atomic mass is 16.5. The van der Waals surface area contributed by atoms with Crippen molar-refractivity contribution in [2.75, 3.05) is 13.7 Å². The lowest BCUT2D eigenvalue weighted by molar-refractivity contribution is -0.0432. The van der Waals surface area contributed by atoms with Crippen LogP contribution < -0.4 is 10.3 Å². The van der Waals surface area contributed by atoms with E-state index in [4.69, 9.17) is 14.6 Å². The Morgan fingerprint density at radius 1 is 1.65 bits per heavy atom. The molecule has 2 aromatic heterocycles. The maximum absolute atomic E-state index is 11.8. The number of aliphatic hydroxyl groups is 2. The molecule has 2 aromatic rings. The zero-order chi connectivity index (χ0) is 14.3. The largest absolute Gasteiger partial charge is 0.468 e. The summed E-state index contributed by atoms with van der Waals surface area (Å²) in [4.78, 5) is 22.4. The number of aliphatic hydroxyl groups excluding tert-OH is 2. The molecule has 108 valence electrons. The van der Waals surface area contributed by atoms with E-state index in [2.05, 4.69) is 15.0 Å². The van der Waals surface area contributed by atoms with E-state index in [9.17, 15) is 9.90 Å². The second-order valence-corrected chi connectivity index (χ2v) is 4.51. The number of rotatable bonds is 3. The topological polar surface area (TPSA) is 122 Å². The fraction of sp³-hybridized carbons (Fsp3) is 0.545. The minimum Gasteiger partial charge on any atom is -0.468 e. The van der Waals surface area contributed by atoms with E-state index in [1.54, 1.807) is 4.57 Å². The number of hydrogen-bond acceptors (Lipinski definition) is 7. The molecule has 1 aliphatic rings. The Labute approximate surface area is 112 Å². The molecule has 0 saturated carbocycles. The van der Waals surface area contributed by atoms with Gasteiger partial charge in [-0.15, -0.1) is 0 Å². The van der Waals surface area contributed by atoms with E-state index >= 15 is 0 Å². The third kappa shape index (κ3) is 1.96. The summed E-state index contributed by atoms with van der Waals surface area (Å²) in [6, 6.07) is 0.0708. The van der Waals surface area contributed by atoms with Crippen LogP contribution >= 0.6 is 0 Å². The molecule has 0 amide bonds. The van der Waals surface area contributed by atoms with Crippen molar-refractivity contribution in [2.45, 2.75) is 24.9 Å². The summed E-state index contributed by atoms with van der Waals surface area (Å²) in [5, 5.41) is 18.8. The van der Waals surface area contributed by atoms with Gasteiger partial charge >= 0.3 is 0 Å². The highest BCUT2D eigenvalue weighted by Gasteiger charge is 2.35. The summed E-state index contributed by atoms with van der Waals surface area (Å²) in [7, 11) is 1.39. The van der Waals surface area contributed by atoms with Crippen molar-refractivity contribution in [1.82, 2.24) is 19.5 Å². The van der Waals surface area contributed by atoms with Gasteiger partial charge in [0.05, 0.1) is 26.1 Å². The second-order valence-electron chi connectivity index (χ2n) is 4.51. The molecule has 20 heavy (non-hydrogen) atoms. The molecule has 3 N–H and O–H groups in total. The number of H-pyrrole nitrogens is 1. The zero-order valence-electron chi connectivity index (χ0n) is 10.7. The first-order valence-electron chi connectivity index (χ1n) is 6.09. The van der Waals surface area contributed by atoms with Gasteiger partial charge in [-0.3, -0.25) is 14.3 Å². The van der Waals surface area contributed by atoms with Gasteiger partial charge in [0, 0.05) is 6.42 Å². The normalized spacial score (nSPS) is 26.2. The molecule has 9 heteroatoms. The first-order chi connectivity index (χ1) is 9.63. The van der Waals surface area contributed by atoms with E-state index in [1.165, 1.54) is 13.4 Å². The number of imidazole rings is 1. The molecule has 9 nitrogen and oxygen atoms in total. The Hall–Kier alpha value is -1.97. The van der Waals surface area contributed by atoms with E-state index in [0.717, 1.165) is 0 Å². The fourth-order valence-corrected chi connectivity index (χ4v) is 2.26. The van der Waals surface area contributed by atoms with Crippen LogP contribution in [-0.2, 0) is 4.74 Å². The number of hydrogen-bond donors (Lipinski definition) is 3. The van der Waals surface area contributed by atoms with Crippen molar-refractivity contribution in [1.29, 1.82) is 0 Å². The summed E-state index contributed by atoms with van der Waals surface area (Å²) in [6.07, 6.45) is -0.254. The summed E-state index contributed by atoms with van der Waals surface area (Å²) < 4.78 is 12.0. The molecule has 0 bridgehead atoms. The van der Waals surface area contributed by atoms with Crippen molar-refractivity contribution < 1.29 is 19.7 Å². The lowest BCUT2D eigenvalue weighted by atomic mass is 10.2. The molecule has 3 rings (SSSR count). The Kier molecular flexibility index (Phi) is 3.16. The molecule has 1 aliphatic heterocycles. The quantitative estimate of drug-likeness (QED) is 0.644. The van der Waals surface area contributed by atoms with Gasteiger partial charge in [0.25, 0.3) is 11.6 Å². The number of nitrogens with one attached hydrogen (secondary N) is 1. The van der Waals surface area contributed by atoms with Gasteiger partial charge in [-0.1, -0.05) is 0 Å². The van der Waals surface area contributed by atoms with Gasteiger partial charge in [-0.25, -0.2) is 4.98 Å². The Morgan fingerprint density at radius 3 is 3.10 bits per heavy atom. The molecule has 1 saturated heterocycles. The minimum absolute atomic E-state index is 0.0708. The van der Waals surface area contributed by atoms with E-state index in [1.807, 2.05) is 0 Å². The van der Waals surface area contributed by atoms with Gasteiger partial charge in [0.2, 0.25) is 0 Å². The SMILES string of the molecule is COc1nc2c(ncn2[C@H]2C[C@H](O)[C@@H](CO)O2)c(=O)[nH]1. The third-order valence-corrected chi connectivity index (χ3v) is 3.30. The molecular formula is C11H14N4O5. The maximum atomic E-state index is 11.8. The Morgan fingerprint density at radius 2 is 2.45 bits per heavy atom. The Bertz CT molecular complexity index is 681. The number of methoxy groups -OCH3 is 1. The highest BCUT2D eigenvalue weighted by molar-refractivity contribution is 5.69. The van der Waals surface area contributed by atoms with E-state index in [-0.39, 0.29) is 24.6 Å². The minimum atomic E-state index is -0.772. The zero-order valence-corrected chi connectivity index (χ0v) is 10.7. The van der Waals surface area contributed by atoms with Crippen molar-refractivity contribution in [3.8, 4) is 6.01 Å². The molecule has 0 spiro atoms. The van der Waals surface area contributed by atoms with Gasteiger partial charge in [0.15, 0.2) is 11.2 Å². The first-order valence-corrected chi connectivity index (χ1v) is 6.09. The van der Waals surface area contributed by atoms with Crippen molar-refractivity contribution in [2.24, 2.45) is 0 Å². The monoisotopic (exact) mass is 282 g/mol. The number of nitrogens with zero attached hydrogens (tertiary/aromatic N) is 3. The van der Waals surface area contributed by atoms with Crippen LogP contribution in [-0.4, -0.2) is 55.7 Å². The predicted molar refractivity (Wildman–Crippen MR) is 66.3 cm³/mol. The molecule has 0 aromatic carbocycles. The number of fused-ring (bicyclic) bond motifs is 1. The predicted octanol–water partition coefficient (Wildman–Crippen LogP) is -1.23. The molecule has 1 fully saturated rings. The van der Waals surface area contributed by atoms with Gasteiger partial charge in [-0.2, -0.15) is 4.98 Å². The van der Waals surface area contributed by atoms with E-state index in [0.29, 0.717) is 5.65 Å². The summed E-state index contributed by atoms with van der Waals surface area (Å²) in [6.45, 7) is -0.276. The molecule has 0 unspecified atom stereocenters. The van der Waals surface area contributed by atoms with Crippen LogP contribution in [0, 0.1) is 0 Å². The third-order valence-electron chi connectivity index (χ3n) is 3.30. The maximum Gasteiger partial charge on any atom is 0.298 e. The number of ether oxygens (including phenoxy) is 2. The van der Waals surface area contributed by atoms with Crippen molar-refractivity contribution in [3.63, 3.8) is 0 Å². The van der Waals surface area contributed by atoms with Crippen LogP contribution in [0.3, 0.4) is 0 Å². The van der Waals surface area contributed by atoms with Crippen LogP contribution in [0.25, 0.3) is 11.2 Å². The van der Waals surface area contributed by atoms with E-state index < -0.39 is 24.0 Å². The molecule has 3 atom stereocenters. The summed E-state index contributed by atoms with van der Waals surface area (Å²) in [5.41, 5.74) is 0.0561. The van der Waals surface area contributed by atoms with Gasteiger partial charge < -0.3 is 19.7 Å². The van der Waals surface area contributed by atoms with Crippen LogP contribution in [0.15, 0.2) is 11.1 Å².